The molecule has 0 radical (unpaired) electrons. The first-order valence-electron chi connectivity index (χ1n) is 7.91. The molecule has 3 nitrogen and oxygen atoms in total. The lowest BCUT2D eigenvalue weighted by molar-refractivity contribution is -0.118. The van der Waals surface area contributed by atoms with Crippen LogP contribution in [0.4, 0.5) is 5.69 Å². The maximum absolute atomic E-state index is 12.5. The Hall–Kier alpha value is -1.35. The van der Waals surface area contributed by atoms with Gasteiger partial charge in [0.2, 0.25) is 5.91 Å². The highest BCUT2D eigenvalue weighted by molar-refractivity contribution is 5.96. The maximum atomic E-state index is 12.5. The molecule has 1 amide bonds. The lowest BCUT2D eigenvalue weighted by atomic mass is 10.0. The quantitative estimate of drug-likeness (QED) is 0.884. The second-order valence-electron chi connectivity index (χ2n) is 5.50. The Morgan fingerprint density at radius 2 is 1.90 bits per heavy atom. The summed E-state index contributed by atoms with van der Waals surface area (Å²) in [6, 6.07) is 6.26. The van der Waals surface area contributed by atoms with E-state index in [1.165, 1.54) is 24.0 Å². The zero-order valence-electron chi connectivity index (χ0n) is 12.7. The number of hydrogen-bond acceptors (Lipinski definition) is 2. The van der Waals surface area contributed by atoms with Gasteiger partial charge in [-0.2, -0.15) is 0 Å². The number of carbonyl (C=O) groups excluding carboxylic acids is 1. The Morgan fingerprint density at radius 3 is 2.55 bits per heavy atom. The van der Waals surface area contributed by atoms with Gasteiger partial charge in [-0.05, 0) is 43.4 Å². The zero-order chi connectivity index (χ0) is 14.4. The third-order valence-corrected chi connectivity index (χ3v) is 4.12. The molecule has 1 atom stereocenters. The average Bonchev–Trinajstić information content (AvgIpc) is 2.76. The highest BCUT2D eigenvalue weighted by Crippen LogP contribution is 2.23. The van der Waals surface area contributed by atoms with E-state index < -0.39 is 0 Å². The Kier molecular flexibility index (Phi) is 5.60. The van der Waals surface area contributed by atoms with Crippen molar-refractivity contribution >= 4 is 11.6 Å². The first kappa shape index (κ1) is 15.0. The predicted molar refractivity (Wildman–Crippen MR) is 84.1 cm³/mol. The Labute approximate surface area is 122 Å². The smallest absolute Gasteiger partial charge is 0.241 e. The minimum Gasteiger partial charge on any atom is -0.324 e. The number of para-hydroxylation sites is 1. The van der Waals surface area contributed by atoms with Gasteiger partial charge >= 0.3 is 0 Å². The molecule has 1 aromatic carbocycles. The van der Waals surface area contributed by atoms with E-state index in [2.05, 4.69) is 42.7 Å². The van der Waals surface area contributed by atoms with Crippen molar-refractivity contribution in [2.24, 2.45) is 0 Å². The van der Waals surface area contributed by atoms with Gasteiger partial charge in [0.25, 0.3) is 0 Å². The Balaban J connectivity index is 2.13. The molecule has 2 rings (SSSR count). The molecule has 110 valence electrons. The van der Waals surface area contributed by atoms with E-state index in [-0.39, 0.29) is 11.9 Å². The van der Waals surface area contributed by atoms with Gasteiger partial charge < -0.3 is 10.6 Å². The molecule has 1 unspecified atom stereocenters. The number of nitrogens with one attached hydrogen (secondary N) is 2. The van der Waals surface area contributed by atoms with E-state index in [9.17, 15) is 4.79 Å². The number of hydrogen-bond donors (Lipinski definition) is 2. The van der Waals surface area contributed by atoms with Crippen molar-refractivity contribution in [1.82, 2.24) is 5.32 Å². The second kappa shape index (κ2) is 7.44. The molecule has 20 heavy (non-hydrogen) atoms. The van der Waals surface area contributed by atoms with Crippen LogP contribution in [0.1, 0.15) is 50.7 Å². The molecule has 3 heteroatoms. The minimum atomic E-state index is -0.0351. The van der Waals surface area contributed by atoms with Crippen LogP contribution in [0, 0.1) is 0 Å². The topological polar surface area (TPSA) is 41.1 Å². The van der Waals surface area contributed by atoms with Crippen LogP contribution in [0.25, 0.3) is 0 Å². The molecular weight excluding hydrogens is 248 g/mol. The van der Waals surface area contributed by atoms with Crippen molar-refractivity contribution in [2.45, 2.75) is 58.4 Å². The lowest BCUT2D eigenvalue weighted by Crippen LogP contribution is -2.40. The zero-order valence-corrected chi connectivity index (χ0v) is 12.7. The summed E-state index contributed by atoms with van der Waals surface area (Å²) < 4.78 is 0. The van der Waals surface area contributed by atoms with Gasteiger partial charge in [0.15, 0.2) is 0 Å². The molecule has 1 aliphatic rings. The summed E-state index contributed by atoms with van der Waals surface area (Å²) in [6.07, 6.45) is 6.38. The van der Waals surface area contributed by atoms with E-state index in [0.717, 1.165) is 37.9 Å². The number of benzene rings is 1. The first-order chi connectivity index (χ1) is 9.76. The molecular formula is C17H26N2O. The highest BCUT2D eigenvalue weighted by atomic mass is 16.2. The number of rotatable bonds is 4. The van der Waals surface area contributed by atoms with E-state index in [1.54, 1.807) is 0 Å². The Morgan fingerprint density at radius 1 is 1.20 bits per heavy atom. The molecule has 0 aromatic heterocycles. The van der Waals surface area contributed by atoms with Crippen LogP contribution in [0.15, 0.2) is 18.2 Å². The van der Waals surface area contributed by atoms with Crippen LogP contribution in [0.5, 0.6) is 0 Å². The van der Waals surface area contributed by atoms with Gasteiger partial charge in [-0.15, -0.1) is 0 Å². The van der Waals surface area contributed by atoms with Gasteiger partial charge in [0.05, 0.1) is 6.04 Å². The number of amides is 1. The van der Waals surface area contributed by atoms with Crippen LogP contribution in [-0.2, 0) is 17.6 Å². The molecule has 0 saturated carbocycles. The number of anilines is 1. The fraction of sp³-hybridized carbons (Fsp3) is 0.588. The van der Waals surface area contributed by atoms with E-state index in [4.69, 9.17) is 0 Å². The summed E-state index contributed by atoms with van der Waals surface area (Å²) in [5.74, 6) is 0.127. The molecule has 1 saturated heterocycles. The van der Waals surface area contributed by atoms with Crippen LogP contribution in [0.3, 0.4) is 0 Å². The minimum absolute atomic E-state index is 0.0351. The second-order valence-corrected chi connectivity index (χ2v) is 5.50. The molecule has 1 aromatic rings. The van der Waals surface area contributed by atoms with Crippen molar-refractivity contribution in [3.8, 4) is 0 Å². The van der Waals surface area contributed by atoms with Gasteiger partial charge in [-0.1, -0.05) is 44.9 Å². The van der Waals surface area contributed by atoms with Gasteiger partial charge in [-0.25, -0.2) is 0 Å². The predicted octanol–water partition coefficient (Wildman–Crippen LogP) is 3.28. The third kappa shape index (κ3) is 3.60. The van der Waals surface area contributed by atoms with Crippen molar-refractivity contribution in [1.29, 1.82) is 0 Å². The van der Waals surface area contributed by atoms with Crippen LogP contribution >= 0.6 is 0 Å². The summed E-state index contributed by atoms with van der Waals surface area (Å²) in [5.41, 5.74) is 3.49. The molecule has 0 aliphatic carbocycles. The van der Waals surface area contributed by atoms with Gasteiger partial charge in [0.1, 0.15) is 0 Å². The highest BCUT2D eigenvalue weighted by Gasteiger charge is 2.20. The molecule has 1 aliphatic heterocycles. The summed E-state index contributed by atoms with van der Waals surface area (Å²) in [7, 11) is 0. The normalized spacial score (nSPS) is 19.4. The molecule has 0 spiro atoms. The van der Waals surface area contributed by atoms with Gasteiger partial charge in [-0.3, -0.25) is 4.79 Å². The van der Waals surface area contributed by atoms with Crippen molar-refractivity contribution in [3.63, 3.8) is 0 Å². The summed E-state index contributed by atoms with van der Waals surface area (Å²) in [5, 5.41) is 6.54. The average molecular weight is 274 g/mol. The Bertz CT molecular complexity index is 426. The van der Waals surface area contributed by atoms with E-state index >= 15 is 0 Å². The summed E-state index contributed by atoms with van der Waals surface area (Å²) in [6.45, 7) is 5.22. The lowest BCUT2D eigenvalue weighted by Gasteiger charge is -2.19. The molecule has 1 heterocycles. The molecule has 2 N–H and O–H groups in total. The van der Waals surface area contributed by atoms with Crippen molar-refractivity contribution in [2.75, 3.05) is 11.9 Å². The van der Waals surface area contributed by atoms with Gasteiger partial charge in [0, 0.05) is 5.69 Å². The fourth-order valence-electron chi connectivity index (χ4n) is 2.87. The van der Waals surface area contributed by atoms with Crippen LogP contribution in [-0.4, -0.2) is 18.5 Å². The molecule has 1 fully saturated rings. The van der Waals surface area contributed by atoms with E-state index in [0.29, 0.717) is 0 Å². The number of carbonyl (C=O) groups is 1. The maximum Gasteiger partial charge on any atom is 0.241 e. The first-order valence-corrected chi connectivity index (χ1v) is 7.91. The van der Waals surface area contributed by atoms with E-state index in [1.807, 2.05) is 0 Å². The number of aryl methyl sites for hydroxylation is 2. The fourth-order valence-corrected chi connectivity index (χ4v) is 2.87. The summed E-state index contributed by atoms with van der Waals surface area (Å²) in [4.78, 5) is 12.5. The largest absolute Gasteiger partial charge is 0.324 e. The monoisotopic (exact) mass is 274 g/mol. The molecule has 0 bridgehead atoms. The van der Waals surface area contributed by atoms with Crippen molar-refractivity contribution < 1.29 is 4.79 Å². The van der Waals surface area contributed by atoms with Crippen LogP contribution in [0.2, 0.25) is 0 Å². The van der Waals surface area contributed by atoms with Crippen molar-refractivity contribution in [3.05, 3.63) is 29.3 Å². The SMILES string of the molecule is CCc1cccc(CC)c1NC(=O)C1CCCCCN1. The third-order valence-electron chi connectivity index (χ3n) is 4.12. The standard InChI is InChI=1S/C17H26N2O/c1-3-13-9-8-10-14(4-2)16(13)19-17(20)15-11-6-5-7-12-18-15/h8-10,15,18H,3-7,11-12H2,1-2H3,(H,19,20). The summed E-state index contributed by atoms with van der Waals surface area (Å²) >= 11 is 0. The van der Waals surface area contributed by atoms with Crippen LogP contribution < -0.4 is 10.6 Å².